The first kappa shape index (κ1) is 24.8. The van der Waals surface area contributed by atoms with Gasteiger partial charge in [0.25, 0.3) is 10.8 Å². The number of hydrogen-bond acceptors (Lipinski definition) is 6. The smallest absolute Gasteiger partial charge is 0.273 e. The van der Waals surface area contributed by atoms with E-state index in [1.54, 1.807) is 30.3 Å². The van der Waals surface area contributed by atoms with Crippen molar-refractivity contribution in [2.45, 2.75) is 23.1 Å². The number of carbonyl (C=O) groups is 2. The Bertz CT molecular complexity index is 1460. The van der Waals surface area contributed by atoms with Gasteiger partial charge in [0, 0.05) is 48.9 Å². The molecule has 180 valence electrons. The molecule has 35 heavy (non-hydrogen) atoms. The number of aliphatic imine (C=N–C) groups is 1. The van der Waals surface area contributed by atoms with Crippen molar-refractivity contribution in [2.24, 2.45) is 4.99 Å². The average Bonchev–Trinajstić information content (AvgIpc) is 2.97. The molecule has 1 atom stereocenters. The number of fused-ring (bicyclic) bond motifs is 1. The molecule has 0 fully saturated rings. The topological polar surface area (TPSA) is 118 Å². The number of benzodiazepines with no additional fused rings is 1. The summed E-state index contributed by atoms with van der Waals surface area (Å²) >= 11 is 12.5. The maximum absolute atomic E-state index is 14.3. The number of nitrogens with one attached hydrogen (secondary N) is 2. The van der Waals surface area contributed by atoms with Gasteiger partial charge in [-0.25, -0.2) is 8.42 Å². The van der Waals surface area contributed by atoms with Crippen LogP contribution in [0.3, 0.4) is 0 Å². The number of rotatable bonds is 6. The van der Waals surface area contributed by atoms with E-state index in [1.807, 2.05) is 0 Å². The van der Waals surface area contributed by atoms with Crippen LogP contribution in [0.25, 0.3) is 0 Å². The van der Waals surface area contributed by atoms with Crippen molar-refractivity contribution in [2.75, 3.05) is 11.9 Å². The molecule has 4 rings (SSSR count). The molecule has 11 heteroatoms. The highest BCUT2D eigenvalue weighted by Gasteiger charge is 2.55. The third-order valence-electron chi connectivity index (χ3n) is 5.54. The molecule has 8 nitrogen and oxygen atoms in total. The van der Waals surface area contributed by atoms with E-state index in [1.165, 1.54) is 43.7 Å². The maximum atomic E-state index is 14.3. The molecule has 0 saturated heterocycles. The van der Waals surface area contributed by atoms with E-state index in [2.05, 4.69) is 20.6 Å². The lowest BCUT2D eigenvalue weighted by Gasteiger charge is -2.30. The van der Waals surface area contributed by atoms with Gasteiger partial charge in [-0.1, -0.05) is 47.5 Å². The van der Waals surface area contributed by atoms with E-state index in [-0.39, 0.29) is 39.4 Å². The molecule has 0 saturated carbocycles. The van der Waals surface area contributed by atoms with E-state index in [9.17, 15) is 18.0 Å². The average molecular weight is 531 g/mol. The Morgan fingerprint density at radius 2 is 1.89 bits per heavy atom. The SMILES string of the molecule is CC(=O)NCCc1ccncc1[C@]1(S(=O)(=O)c2cccc(Cl)c2Cl)N=Cc2ccccc2NC1=O. The van der Waals surface area contributed by atoms with E-state index in [4.69, 9.17) is 23.2 Å². The van der Waals surface area contributed by atoms with Gasteiger partial charge in [-0.15, -0.1) is 0 Å². The van der Waals surface area contributed by atoms with E-state index in [0.717, 1.165) is 0 Å². The molecule has 1 aromatic heterocycles. The number of hydrogen-bond donors (Lipinski definition) is 2. The van der Waals surface area contributed by atoms with Gasteiger partial charge < -0.3 is 10.6 Å². The van der Waals surface area contributed by atoms with Gasteiger partial charge in [-0.05, 0) is 36.2 Å². The highest BCUT2D eigenvalue weighted by molar-refractivity contribution is 7.93. The zero-order valence-corrected chi connectivity index (χ0v) is 20.8. The van der Waals surface area contributed by atoms with E-state index in [0.29, 0.717) is 16.8 Å². The van der Waals surface area contributed by atoms with Crippen LogP contribution in [0, 0.1) is 0 Å². The molecular formula is C24H20Cl2N4O4S. The predicted molar refractivity (Wildman–Crippen MR) is 135 cm³/mol. The van der Waals surface area contributed by atoms with E-state index >= 15 is 0 Å². The fraction of sp³-hybridized carbons (Fsp3) is 0.167. The van der Waals surface area contributed by atoms with Crippen LogP contribution in [0.1, 0.15) is 23.6 Å². The number of sulfone groups is 1. The van der Waals surface area contributed by atoms with Crippen LogP contribution >= 0.6 is 23.2 Å². The molecular weight excluding hydrogens is 511 g/mol. The summed E-state index contributed by atoms with van der Waals surface area (Å²) in [6.45, 7) is 1.59. The number of anilines is 1. The second-order valence-corrected chi connectivity index (χ2v) is 10.6. The maximum Gasteiger partial charge on any atom is 0.273 e. The zero-order chi connectivity index (χ0) is 25.2. The predicted octanol–water partition coefficient (Wildman–Crippen LogP) is 3.76. The number of para-hydroxylation sites is 1. The van der Waals surface area contributed by atoms with Crippen molar-refractivity contribution in [1.82, 2.24) is 10.3 Å². The van der Waals surface area contributed by atoms with Crippen molar-refractivity contribution in [3.8, 4) is 0 Å². The lowest BCUT2D eigenvalue weighted by Crippen LogP contribution is -2.46. The summed E-state index contributed by atoms with van der Waals surface area (Å²) < 4.78 is 28.6. The van der Waals surface area contributed by atoms with Gasteiger partial charge in [-0.3, -0.25) is 19.6 Å². The van der Waals surface area contributed by atoms with Crippen LogP contribution < -0.4 is 10.6 Å². The third-order valence-corrected chi connectivity index (χ3v) is 8.68. The molecule has 0 aliphatic carbocycles. The summed E-state index contributed by atoms with van der Waals surface area (Å²) in [7, 11) is -4.64. The molecule has 1 aliphatic rings. The van der Waals surface area contributed by atoms with Crippen molar-refractivity contribution in [3.63, 3.8) is 0 Å². The van der Waals surface area contributed by atoms with Crippen molar-refractivity contribution in [1.29, 1.82) is 0 Å². The summed E-state index contributed by atoms with van der Waals surface area (Å²) in [4.78, 5) is 31.0. The Morgan fingerprint density at radius 3 is 2.66 bits per heavy atom. The lowest BCUT2D eigenvalue weighted by molar-refractivity contribution is -0.119. The Labute approximate surface area is 212 Å². The second kappa shape index (κ2) is 9.77. The minimum atomic E-state index is -4.64. The first-order chi connectivity index (χ1) is 16.7. The number of halogens is 2. The standard InChI is InChI=1S/C24H20Cl2N4O4S/c1-15(31)28-12-10-16-9-11-27-14-18(16)24(35(33,34)21-8-4-6-19(25)22(21)26)23(32)30-20-7-3-2-5-17(20)13-29-24/h2-9,11,13-14H,10,12H2,1H3,(H,28,31)(H,30,32)/t24-/m1/s1. The Morgan fingerprint density at radius 1 is 1.11 bits per heavy atom. The van der Waals surface area contributed by atoms with E-state index < -0.39 is 20.6 Å². The molecule has 2 amide bonds. The summed E-state index contributed by atoms with van der Waals surface area (Å²) in [5.41, 5.74) is 1.44. The van der Waals surface area contributed by atoms with Gasteiger partial charge in [-0.2, -0.15) is 0 Å². The second-order valence-electron chi connectivity index (χ2n) is 7.76. The number of nitrogens with zero attached hydrogens (tertiary/aromatic N) is 2. The Balaban J connectivity index is 2.00. The first-order valence-electron chi connectivity index (χ1n) is 10.5. The summed E-state index contributed by atoms with van der Waals surface area (Å²) in [5, 5.41) is 5.18. The Kier molecular flexibility index (Phi) is 6.93. The molecule has 2 aromatic carbocycles. The number of benzene rings is 2. The quantitative estimate of drug-likeness (QED) is 0.502. The van der Waals surface area contributed by atoms with Crippen LogP contribution in [0.15, 0.2) is 70.8 Å². The van der Waals surface area contributed by atoms with Crippen LogP contribution in [-0.4, -0.2) is 38.0 Å². The third kappa shape index (κ3) is 4.42. The van der Waals surface area contributed by atoms with Gasteiger partial charge in [0.15, 0.2) is 0 Å². The molecule has 0 spiro atoms. The van der Waals surface area contributed by atoms with Crippen molar-refractivity contribution < 1.29 is 18.0 Å². The molecule has 0 radical (unpaired) electrons. The largest absolute Gasteiger partial charge is 0.356 e. The van der Waals surface area contributed by atoms with Gasteiger partial charge in [0.05, 0.1) is 14.9 Å². The lowest BCUT2D eigenvalue weighted by atomic mass is 9.99. The van der Waals surface area contributed by atoms with Crippen LogP contribution in [0.4, 0.5) is 5.69 Å². The molecule has 0 bridgehead atoms. The zero-order valence-electron chi connectivity index (χ0n) is 18.5. The highest BCUT2D eigenvalue weighted by Crippen LogP contribution is 2.44. The van der Waals surface area contributed by atoms with Gasteiger partial charge in [0.2, 0.25) is 15.7 Å². The van der Waals surface area contributed by atoms with Crippen molar-refractivity contribution >= 4 is 56.8 Å². The molecule has 0 unspecified atom stereocenters. The molecule has 2 N–H and O–H groups in total. The molecule has 2 heterocycles. The van der Waals surface area contributed by atoms with Gasteiger partial charge >= 0.3 is 0 Å². The minimum Gasteiger partial charge on any atom is -0.356 e. The number of carbonyl (C=O) groups excluding carboxylic acids is 2. The minimum absolute atomic E-state index is 0.0151. The van der Waals surface area contributed by atoms with Crippen LogP contribution in [-0.2, 0) is 30.7 Å². The molecule has 3 aromatic rings. The fourth-order valence-electron chi connectivity index (χ4n) is 3.85. The number of pyridine rings is 1. The fourth-order valence-corrected chi connectivity index (χ4v) is 6.39. The summed E-state index contributed by atoms with van der Waals surface area (Å²) in [6, 6.07) is 12.6. The number of amides is 2. The van der Waals surface area contributed by atoms with Crippen LogP contribution in [0.5, 0.6) is 0 Å². The summed E-state index contributed by atoms with van der Waals surface area (Å²) in [5.74, 6) is -1.14. The molecule has 1 aliphatic heterocycles. The monoisotopic (exact) mass is 530 g/mol. The van der Waals surface area contributed by atoms with Crippen LogP contribution in [0.2, 0.25) is 10.0 Å². The van der Waals surface area contributed by atoms with Crippen molar-refractivity contribution in [3.05, 3.63) is 87.7 Å². The number of aromatic nitrogens is 1. The normalized spacial score (nSPS) is 17.3. The van der Waals surface area contributed by atoms with Gasteiger partial charge in [0.1, 0.15) is 0 Å². The Hall–Kier alpha value is -3.27. The first-order valence-corrected chi connectivity index (χ1v) is 12.7. The summed E-state index contributed by atoms with van der Waals surface area (Å²) in [6.07, 6.45) is 4.35. The highest BCUT2D eigenvalue weighted by atomic mass is 35.5.